The fraction of sp³-hybridized carbons (Fsp3) is 0.348. The summed E-state index contributed by atoms with van der Waals surface area (Å²) in [6.45, 7) is 6.59. The van der Waals surface area contributed by atoms with Crippen molar-refractivity contribution in [3.8, 4) is 5.75 Å². The summed E-state index contributed by atoms with van der Waals surface area (Å²) in [7, 11) is 0. The van der Waals surface area contributed by atoms with Gasteiger partial charge in [0, 0.05) is 23.7 Å². The number of primary amides is 1. The van der Waals surface area contributed by atoms with Gasteiger partial charge in [0.15, 0.2) is 5.60 Å². The van der Waals surface area contributed by atoms with E-state index in [1.165, 1.54) is 11.3 Å². The van der Waals surface area contributed by atoms with Crippen LogP contribution in [-0.2, 0) is 9.53 Å². The fourth-order valence-corrected chi connectivity index (χ4v) is 4.88. The number of fused-ring (bicyclic) bond motifs is 1. The zero-order chi connectivity index (χ0) is 22.2. The van der Waals surface area contributed by atoms with Crippen molar-refractivity contribution in [2.75, 3.05) is 19.7 Å². The van der Waals surface area contributed by atoms with Crippen LogP contribution in [-0.4, -0.2) is 47.0 Å². The largest absolute Gasteiger partial charge is 0.478 e. The second kappa shape index (κ2) is 8.28. The van der Waals surface area contributed by atoms with E-state index in [1.54, 1.807) is 24.9 Å². The number of nitrogens with two attached hydrogens (primary N) is 1. The molecule has 162 valence electrons. The Morgan fingerprint density at radius 1 is 1.26 bits per heavy atom. The molecule has 7 nitrogen and oxygen atoms in total. The number of morpholine rings is 1. The van der Waals surface area contributed by atoms with Crippen LogP contribution in [0.1, 0.15) is 40.8 Å². The van der Waals surface area contributed by atoms with Crippen LogP contribution in [0.25, 0.3) is 10.2 Å². The minimum atomic E-state index is -1.06. The number of rotatable bonds is 5. The Bertz CT molecular complexity index is 1140. The van der Waals surface area contributed by atoms with Gasteiger partial charge in [-0.05, 0) is 38.5 Å². The number of ether oxygens (including phenoxy) is 2. The molecule has 2 amide bonds. The molecule has 0 spiro atoms. The molecule has 0 bridgehead atoms. The van der Waals surface area contributed by atoms with E-state index in [1.807, 2.05) is 43.3 Å². The second-order valence-corrected chi connectivity index (χ2v) is 9.05. The van der Waals surface area contributed by atoms with Crippen molar-refractivity contribution < 1.29 is 19.1 Å². The Morgan fingerprint density at radius 3 is 2.77 bits per heavy atom. The van der Waals surface area contributed by atoms with Gasteiger partial charge in [-0.2, -0.15) is 0 Å². The fourth-order valence-electron chi connectivity index (χ4n) is 3.83. The van der Waals surface area contributed by atoms with Crippen molar-refractivity contribution in [1.29, 1.82) is 0 Å². The van der Waals surface area contributed by atoms with Gasteiger partial charge in [0.1, 0.15) is 21.6 Å². The van der Waals surface area contributed by atoms with Crippen LogP contribution in [0.2, 0.25) is 0 Å². The summed E-state index contributed by atoms with van der Waals surface area (Å²) >= 11 is 1.25. The number of aryl methyl sites for hydroxylation is 1. The summed E-state index contributed by atoms with van der Waals surface area (Å²) < 4.78 is 12.1. The zero-order valence-corrected chi connectivity index (χ0v) is 18.6. The molecule has 1 aliphatic rings. The number of pyridine rings is 1. The number of thiophene rings is 1. The van der Waals surface area contributed by atoms with Gasteiger partial charge in [-0.15, -0.1) is 11.3 Å². The summed E-state index contributed by atoms with van der Waals surface area (Å²) in [5, 5.41) is 0.830. The molecule has 1 atom stereocenters. The van der Waals surface area contributed by atoms with Crippen molar-refractivity contribution in [3.05, 3.63) is 58.6 Å². The number of carbonyl (C=O) groups excluding carboxylic acids is 2. The number of benzene rings is 1. The molecule has 0 radical (unpaired) electrons. The predicted octanol–water partition coefficient (Wildman–Crippen LogP) is 3.46. The average Bonchev–Trinajstić information content (AvgIpc) is 3.15. The average molecular weight is 440 g/mol. The van der Waals surface area contributed by atoms with E-state index in [4.69, 9.17) is 15.2 Å². The predicted molar refractivity (Wildman–Crippen MR) is 119 cm³/mol. The quantitative estimate of drug-likeness (QED) is 0.657. The lowest BCUT2D eigenvalue weighted by molar-refractivity contribution is -0.153. The Hall–Kier alpha value is -2.97. The first-order valence-electron chi connectivity index (χ1n) is 10.1. The van der Waals surface area contributed by atoms with Crippen LogP contribution >= 0.6 is 11.3 Å². The van der Waals surface area contributed by atoms with E-state index in [2.05, 4.69) is 4.98 Å². The maximum atomic E-state index is 13.4. The topological polar surface area (TPSA) is 94.7 Å². The molecule has 3 heterocycles. The lowest BCUT2D eigenvalue weighted by atomic mass is 10.0. The van der Waals surface area contributed by atoms with Gasteiger partial charge in [0.25, 0.3) is 11.8 Å². The highest BCUT2D eigenvalue weighted by atomic mass is 32.1. The number of hydrogen-bond donors (Lipinski definition) is 1. The molecule has 8 heteroatoms. The van der Waals surface area contributed by atoms with Crippen LogP contribution in [0.5, 0.6) is 5.75 Å². The highest BCUT2D eigenvalue weighted by molar-refractivity contribution is 7.20. The smallest absolute Gasteiger partial charge is 0.266 e. The molecule has 3 aromatic rings. The van der Waals surface area contributed by atoms with Crippen LogP contribution < -0.4 is 10.5 Å². The minimum Gasteiger partial charge on any atom is -0.478 e. The van der Waals surface area contributed by atoms with E-state index in [0.717, 1.165) is 15.8 Å². The van der Waals surface area contributed by atoms with E-state index in [9.17, 15) is 9.59 Å². The van der Waals surface area contributed by atoms with E-state index in [0.29, 0.717) is 35.9 Å². The summed E-state index contributed by atoms with van der Waals surface area (Å²) in [6.07, 6.45) is 1.21. The maximum Gasteiger partial charge on any atom is 0.266 e. The molecular weight excluding hydrogens is 414 g/mol. The van der Waals surface area contributed by atoms with Crippen LogP contribution in [0.15, 0.2) is 42.6 Å². The number of para-hydroxylation sites is 1. The maximum absolute atomic E-state index is 13.4. The molecule has 0 unspecified atom stereocenters. The molecule has 0 saturated carbocycles. The molecular formula is C23H25N3O4S. The molecule has 2 N–H and O–H groups in total. The second-order valence-electron chi connectivity index (χ2n) is 8.05. The number of aromatic nitrogens is 1. The summed E-state index contributed by atoms with van der Waals surface area (Å²) in [4.78, 5) is 32.7. The van der Waals surface area contributed by atoms with Crippen molar-refractivity contribution in [2.24, 2.45) is 5.73 Å². The molecule has 0 aliphatic carbocycles. The summed E-state index contributed by atoms with van der Waals surface area (Å²) in [5.74, 6) is 0.0205. The molecule has 1 saturated heterocycles. The third-order valence-corrected chi connectivity index (χ3v) is 6.52. The van der Waals surface area contributed by atoms with Gasteiger partial charge in [0.05, 0.1) is 13.2 Å². The Morgan fingerprint density at radius 2 is 2.03 bits per heavy atom. The lowest BCUT2D eigenvalue weighted by Crippen LogP contribution is -2.53. The molecule has 1 fully saturated rings. The van der Waals surface area contributed by atoms with Gasteiger partial charge in [0.2, 0.25) is 0 Å². The van der Waals surface area contributed by atoms with Gasteiger partial charge in [-0.3, -0.25) is 9.59 Å². The van der Waals surface area contributed by atoms with Crippen molar-refractivity contribution in [3.63, 3.8) is 0 Å². The third-order valence-electron chi connectivity index (χ3n) is 5.38. The Labute approximate surface area is 184 Å². The standard InChI is InChI=1S/C23H25N3O4S/c1-14-7-4-5-9-16(14)30-23(2,3)22(28)26-11-12-29-17(13-26)18-15-8-6-10-25-21(15)31-19(18)20(24)27/h4-10,17H,11-13H2,1-3H3,(H2,24,27)/t17-/m1/s1. The van der Waals surface area contributed by atoms with Gasteiger partial charge in [-0.25, -0.2) is 4.98 Å². The summed E-state index contributed by atoms with van der Waals surface area (Å²) in [6, 6.07) is 11.3. The molecule has 1 aromatic carbocycles. The van der Waals surface area contributed by atoms with E-state index >= 15 is 0 Å². The first kappa shape index (κ1) is 21.3. The van der Waals surface area contributed by atoms with E-state index in [-0.39, 0.29) is 5.91 Å². The number of hydrogen-bond acceptors (Lipinski definition) is 6. The van der Waals surface area contributed by atoms with Crippen molar-refractivity contribution >= 4 is 33.4 Å². The van der Waals surface area contributed by atoms with Crippen molar-refractivity contribution in [1.82, 2.24) is 9.88 Å². The minimum absolute atomic E-state index is 0.137. The number of amides is 2. The van der Waals surface area contributed by atoms with Gasteiger partial charge < -0.3 is 20.1 Å². The summed E-state index contributed by atoms with van der Waals surface area (Å²) in [5.41, 5.74) is 6.25. The number of nitrogens with zero attached hydrogens (tertiary/aromatic N) is 2. The highest BCUT2D eigenvalue weighted by Crippen LogP contribution is 2.37. The SMILES string of the molecule is Cc1ccccc1OC(C)(C)C(=O)N1CCO[C@@H](c2c(C(N)=O)sc3ncccc23)C1. The number of carbonyl (C=O) groups is 2. The zero-order valence-electron chi connectivity index (χ0n) is 17.8. The molecule has 4 rings (SSSR count). The van der Waals surface area contributed by atoms with E-state index < -0.39 is 17.6 Å². The normalized spacial score (nSPS) is 17.0. The monoisotopic (exact) mass is 439 g/mol. The van der Waals surface area contributed by atoms with Crippen LogP contribution in [0.3, 0.4) is 0 Å². The Balaban J connectivity index is 1.60. The highest BCUT2D eigenvalue weighted by Gasteiger charge is 2.38. The van der Waals surface area contributed by atoms with Crippen LogP contribution in [0, 0.1) is 6.92 Å². The Kier molecular flexibility index (Phi) is 5.68. The molecule has 2 aromatic heterocycles. The van der Waals surface area contributed by atoms with Crippen molar-refractivity contribution in [2.45, 2.75) is 32.5 Å². The first-order chi connectivity index (χ1) is 14.8. The molecule has 1 aliphatic heterocycles. The van der Waals surface area contributed by atoms with Crippen LogP contribution in [0.4, 0.5) is 0 Å². The van der Waals surface area contributed by atoms with Gasteiger partial charge >= 0.3 is 0 Å². The molecule has 31 heavy (non-hydrogen) atoms. The third kappa shape index (κ3) is 4.13. The van der Waals surface area contributed by atoms with Gasteiger partial charge in [-0.1, -0.05) is 24.3 Å². The first-order valence-corrected chi connectivity index (χ1v) is 10.9. The lowest BCUT2D eigenvalue weighted by Gasteiger charge is -2.38.